The lowest BCUT2D eigenvalue weighted by atomic mass is 10.1. The number of hydrogen-bond acceptors (Lipinski definition) is 4. The van der Waals surface area contributed by atoms with Crippen molar-refractivity contribution in [1.82, 2.24) is 9.88 Å². The quantitative estimate of drug-likeness (QED) is 0.425. The predicted octanol–water partition coefficient (Wildman–Crippen LogP) is 5.25. The maximum atomic E-state index is 12.5. The third kappa shape index (κ3) is 3.82. The first-order valence-corrected chi connectivity index (χ1v) is 10.1. The highest BCUT2D eigenvalue weighted by molar-refractivity contribution is 9.10. The zero-order valence-corrected chi connectivity index (χ0v) is 17.1. The van der Waals surface area contributed by atoms with Crippen LogP contribution < -0.4 is 4.74 Å². The van der Waals surface area contributed by atoms with E-state index in [0.29, 0.717) is 12.3 Å². The Balaban J connectivity index is 1.42. The molecule has 4 aromatic rings. The van der Waals surface area contributed by atoms with Crippen LogP contribution in [0, 0.1) is 0 Å². The number of fused-ring (bicyclic) bond motifs is 2. The summed E-state index contributed by atoms with van der Waals surface area (Å²) in [6.45, 7) is 0.457. The highest BCUT2D eigenvalue weighted by atomic mass is 79.9. The Morgan fingerprint density at radius 1 is 1.11 bits per heavy atom. The highest BCUT2D eigenvalue weighted by Gasteiger charge is 2.14. The molecule has 4 nitrogen and oxygen atoms in total. The van der Waals surface area contributed by atoms with E-state index in [9.17, 15) is 4.79 Å². The first kappa shape index (κ1) is 17.9. The summed E-state index contributed by atoms with van der Waals surface area (Å²) in [6.07, 6.45) is 0. The van der Waals surface area contributed by atoms with Gasteiger partial charge in [-0.2, -0.15) is 0 Å². The largest absolute Gasteiger partial charge is 0.483 e. The number of carbonyl (C=O) groups is 1. The minimum atomic E-state index is -0.0886. The Kier molecular flexibility index (Phi) is 5.09. The van der Waals surface area contributed by atoms with Crippen molar-refractivity contribution in [3.63, 3.8) is 0 Å². The highest BCUT2D eigenvalue weighted by Crippen LogP contribution is 2.33. The second kappa shape index (κ2) is 7.66. The van der Waals surface area contributed by atoms with Gasteiger partial charge in [0.25, 0.3) is 5.91 Å². The molecule has 0 aliphatic carbocycles. The molecule has 0 atom stereocenters. The van der Waals surface area contributed by atoms with Gasteiger partial charge < -0.3 is 9.64 Å². The Bertz CT molecular complexity index is 1090. The first-order chi connectivity index (χ1) is 13.1. The molecule has 0 aliphatic rings. The van der Waals surface area contributed by atoms with E-state index in [1.165, 1.54) is 0 Å². The van der Waals surface area contributed by atoms with Crippen LogP contribution in [0.25, 0.3) is 21.0 Å². The lowest BCUT2D eigenvalue weighted by Gasteiger charge is -2.17. The number of hydrogen-bond donors (Lipinski definition) is 0. The predicted molar refractivity (Wildman–Crippen MR) is 113 cm³/mol. The van der Waals surface area contributed by atoms with Crippen molar-refractivity contribution in [2.45, 2.75) is 6.54 Å². The molecule has 0 N–H and O–H groups in total. The van der Waals surface area contributed by atoms with Crippen LogP contribution in [0.5, 0.6) is 5.75 Å². The maximum absolute atomic E-state index is 12.5. The minimum Gasteiger partial charge on any atom is -0.483 e. The van der Waals surface area contributed by atoms with Crippen LogP contribution in [0.4, 0.5) is 0 Å². The molecule has 0 saturated heterocycles. The van der Waals surface area contributed by atoms with E-state index in [1.54, 1.807) is 23.3 Å². The second-order valence-corrected chi connectivity index (χ2v) is 8.12. The number of carbonyl (C=O) groups excluding carboxylic acids is 1. The van der Waals surface area contributed by atoms with Crippen molar-refractivity contribution in [2.75, 3.05) is 13.7 Å². The molecule has 1 amide bonds. The Hall–Kier alpha value is -2.44. The van der Waals surface area contributed by atoms with Crippen molar-refractivity contribution in [3.05, 3.63) is 70.1 Å². The van der Waals surface area contributed by atoms with Gasteiger partial charge in [0.15, 0.2) is 6.61 Å². The van der Waals surface area contributed by atoms with Crippen molar-refractivity contribution in [1.29, 1.82) is 0 Å². The molecular formula is C21H17BrN2O2S. The van der Waals surface area contributed by atoms with Gasteiger partial charge in [0, 0.05) is 7.05 Å². The van der Waals surface area contributed by atoms with E-state index in [-0.39, 0.29) is 12.5 Å². The zero-order chi connectivity index (χ0) is 18.8. The van der Waals surface area contributed by atoms with Crippen LogP contribution in [-0.2, 0) is 11.3 Å². The molecule has 0 unspecified atom stereocenters. The van der Waals surface area contributed by atoms with Gasteiger partial charge in [-0.3, -0.25) is 4.79 Å². The molecule has 1 aromatic heterocycles. The van der Waals surface area contributed by atoms with Crippen LogP contribution in [0.1, 0.15) is 5.01 Å². The number of benzene rings is 3. The first-order valence-electron chi connectivity index (χ1n) is 8.50. The number of para-hydroxylation sites is 1. The molecule has 6 heteroatoms. The van der Waals surface area contributed by atoms with Crippen LogP contribution in [-0.4, -0.2) is 29.4 Å². The summed E-state index contributed by atoms with van der Waals surface area (Å²) < 4.78 is 7.76. The fraction of sp³-hybridized carbons (Fsp3) is 0.143. The normalized spacial score (nSPS) is 11.0. The lowest BCUT2D eigenvalue weighted by Crippen LogP contribution is -2.30. The number of halogens is 1. The molecule has 27 heavy (non-hydrogen) atoms. The number of aromatic nitrogens is 1. The van der Waals surface area contributed by atoms with Gasteiger partial charge in [0.2, 0.25) is 0 Å². The molecule has 0 radical (unpaired) electrons. The third-order valence-electron chi connectivity index (χ3n) is 4.32. The van der Waals surface area contributed by atoms with Crippen LogP contribution in [0.3, 0.4) is 0 Å². The topological polar surface area (TPSA) is 42.4 Å². The number of ether oxygens (including phenoxy) is 1. The number of thiazole rings is 1. The zero-order valence-electron chi connectivity index (χ0n) is 14.7. The van der Waals surface area contributed by atoms with Crippen molar-refractivity contribution in [2.24, 2.45) is 0 Å². The van der Waals surface area contributed by atoms with Gasteiger partial charge in [0.05, 0.1) is 21.2 Å². The fourth-order valence-electron chi connectivity index (χ4n) is 2.85. The van der Waals surface area contributed by atoms with E-state index in [1.807, 2.05) is 60.7 Å². The average molecular weight is 441 g/mol. The molecule has 3 aromatic carbocycles. The van der Waals surface area contributed by atoms with Crippen LogP contribution in [0.15, 0.2) is 65.1 Å². The van der Waals surface area contributed by atoms with E-state index >= 15 is 0 Å². The fourth-order valence-corrected chi connectivity index (χ4v) is 4.48. The molecular weight excluding hydrogens is 424 g/mol. The van der Waals surface area contributed by atoms with Gasteiger partial charge in [-0.1, -0.05) is 42.5 Å². The van der Waals surface area contributed by atoms with Gasteiger partial charge in [-0.15, -0.1) is 11.3 Å². The maximum Gasteiger partial charge on any atom is 0.260 e. The number of amides is 1. The van der Waals surface area contributed by atoms with Gasteiger partial charge in [-0.25, -0.2) is 4.98 Å². The standard InChI is InChI=1S/C21H17BrN2O2S/c1-24(12-19-23-16-8-4-5-9-18(16)27-19)20(25)13-26-17-11-10-14-6-2-3-7-15(14)21(17)22/h2-11H,12-13H2,1H3. The Morgan fingerprint density at radius 2 is 1.89 bits per heavy atom. The summed E-state index contributed by atoms with van der Waals surface area (Å²) in [6, 6.07) is 19.9. The minimum absolute atomic E-state index is 0.0155. The van der Waals surface area contributed by atoms with Crippen LogP contribution >= 0.6 is 27.3 Å². The smallest absolute Gasteiger partial charge is 0.260 e. The van der Waals surface area contributed by atoms with Crippen molar-refractivity contribution in [3.8, 4) is 5.75 Å². The molecule has 0 bridgehead atoms. The molecule has 0 fully saturated rings. The summed E-state index contributed by atoms with van der Waals surface area (Å²) >= 11 is 5.19. The molecule has 0 aliphatic heterocycles. The Labute approximate surface area is 169 Å². The van der Waals surface area contributed by atoms with E-state index in [0.717, 1.165) is 30.5 Å². The van der Waals surface area contributed by atoms with Gasteiger partial charge in [0.1, 0.15) is 10.8 Å². The number of likely N-dealkylation sites (N-methyl/N-ethyl adjacent to an activating group) is 1. The lowest BCUT2D eigenvalue weighted by molar-refractivity contribution is -0.132. The monoisotopic (exact) mass is 440 g/mol. The molecule has 4 rings (SSSR count). The average Bonchev–Trinajstić information content (AvgIpc) is 3.09. The number of nitrogens with zero attached hydrogens (tertiary/aromatic N) is 2. The summed E-state index contributed by atoms with van der Waals surface area (Å²) in [7, 11) is 1.77. The molecule has 1 heterocycles. The SMILES string of the molecule is CN(Cc1nc2ccccc2s1)C(=O)COc1ccc2ccccc2c1Br. The van der Waals surface area contributed by atoms with Crippen molar-refractivity contribution >= 4 is 54.2 Å². The summed E-state index contributed by atoms with van der Waals surface area (Å²) in [5.41, 5.74) is 0.967. The van der Waals surface area contributed by atoms with Gasteiger partial charge in [-0.05, 0) is 44.9 Å². The van der Waals surface area contributed by atoms with Crippen LogP contribution in [0.2, 0.25) is 0 Å². The van der Waals surface area contributed by atoms with Gasteiger partial charge >= 0.3 is 0 Å². The number of rotatable bonds is 5. The van der Waals surface area contributed by atoms with Crippen molar-refractivity contribution < 1.29 is 9.53 Å². The van der Waals surface area contributed by atoms with E-state index in [4.69, 9.17) is 4.74 Å². The second-order valence-electron chi connectivity index (χ2n) is 6.21. The summed E-state index contributed by atoms with van der Waals surface area (Å²) in [5, 5.41) is 3.10. The summed E-state index contributed by atoms with van der Waals surface area (Å²) in [4.78, 5) is 18.7. The third-order valence-corrected chi connectivity index (χ3v) is 6.15. The Morgan fingerprint density at radius 3 is 2.74 bits per heavy atom. The van der Waals surface area contributed by atoms with E-state index in [2.05, 4.69) is 20.9 Å². The molecule has 0 spiro atoms. The molecule has 136 valence electrons. The molecule has 0 saturated carbocycles. The van der Waals surface area contributed by atoms with E-state index < -0.39 is 0 Å². The summed E-state index contributed by atoms with van der Waals surface area (Å²) in [5.74, 6) is 0.574.